The predicted molar refractivity (Wildman–Crippen MR) is 104 cm³/mol. The summed E-state index contributed by atoms with van der Waals surface area (Å²) in [6.45, 7) is -0.0919. The number of nitrogen functional groups attached to an aromatic ring is 1. The quantitative estimate of drug-likeness (QED) is 0.302. The van der Waals surface area contributed by atoms with E-state index in [1.165, 1.54) is 24.4 Å². The number of benzene rings is 1. The highest BCUT2D eigenvalue weighted by atomic mass is 19.1. The van der Waals surface area contributed by atoms with Crippen LogP contribution in [-0.4, -0.2) is 36.6 Å². The van der Waals surface area contributed by atoms with Crippen molar-refractivity contribution in [2.45, 2.75) is 6.54 Å². The Morgan fingerprint density at radius 1 is 1.16 bits per heavy atom. The Bertz CT molecular complexity index is 1440. The van der Waals surface area contributed by atoms with Crippen LogP contribution in [-0.2, 0) is 6.54 Å². The van der Waals surface area contributed by atoms with Gasteiger partial charge in [0, 0.05) is 12.6 Å². The number of nitrogens with two attached hydrogens (primary N) is 1. The van der Waals surface area contributed by atoms with Crippen LogP contribution in [0.4, 0.5) is 21.5 Å². The first kappa shape index (κ1) is 19.6. The Labute approximate surface area is 170 Å². The molecule has 1 amide bonds. The molecule has 5 N–H and O–H groups in total. The molecule has 4 aromatic rings. The molecule has 13 heteroatoms. The van der Waals surface area contributed by atoms with Crippen LogP contribution in [0.3, 0.4) is 0 Å². The van der Waals surface area contributed by atoms with Crippen LogP contribution < -0.4 is 27.2 Å². The molecule has 0 aliphatic rings. The van der Waals surface area contributed by atoms with Crippen molar-refractivity contribution in [1.29, 1.82) is 0 Å². The molecule has 0 saturated heterocycles. The summed E-state index contributed by atoms with van der Waals surface area (Å²) in [5.74, 6) is -3.74. The Hall–Kier alpha value is -4.68. The van der Waals surface area contributed by atoms with E-state index in [1.807, 2.05) is 0 Å². The number of rotatable bonds is 6. The molecule has 0 radical (unpaired) electrons. The van der Waals surface area contributed by atoms with Gasteiger partial charge in [-0.05, 0) is 17.7 Å². The maximum absolute atomic E-state index is 14.1. The lowest BCUT2D eigenvalue weighted by Gasteiger charge is -2.12. The van der Waals surface area contributed by atoms with Crippen molar-refractivity contribution in [2.24, 2.45) is 0 Å². The van der Waals surface area contributed by atoms with Gasteiger partial charge in [0.1, 0.15) is 17.2 Å². The molecule has 0 atom stereocenters. The lowest BCUT2D eigenvalue weighted by Crippen LogP contribution is -2.36. The van der Waals surface area contributed by atoms with E-state index in [2.05, 4.69) is 25.7 Å². The second-order valence-electron chi connectivity index (χ2n) is 6.35. The second kappa shape index (κ2) is 7.29. The van der Waals surface area contributed by atoms with Crippen LogP contribution in [0.25, 0.3) is 5.65 Å². The Kier molecular flexibility index (Phi) is 4.62. The molecule has 0 spiro atoms. The number of carbonyl (C=O) groups excluding carboxylic acids is 1. The summed E-state index contributed by atoms with van der Waals surface area (Å²) in [4.78, 5) is 54.1. The maximum atomic E-state index is 14.1. The first-order valence-corrected chi connectivity index (χ1v) is 8.63. The van der Waals surface area contributed by atoms with Gasteiger partial charge >= 0.3 is 5.97 Å². The number of halogens is 1. The van der Waals surface area contributed by atoms with Crippen molar-refractivity contribution in [3.05, 3.63) is 73.9 Å². The minimum Gasteiger partial charge on any atom is -0.475 e. The standard InChI is InChI=1S/C18H12FN7O5/c19-8-2-1-7(5-9(8)23-12-11(20)13(27)14(12)28)6-21-17(29)15-24-10-3-4-22-26(10)16(25-15)18(30)31/h1-5,23H,6,20H2,(H,21,29)(H,30,31). The SMILES string of the molecule is Nc1c(Nc2cc(CNC(=O)c3nc(C(=O)O)n4nccc4n3)ccc2F)c(=O)c1=O. The number of carboxylic acids is 1. The summed E-state index contributed by atoms with van der Waals surface area (Å²) < 4.78 is 15.0. The Morgan fingerprint density at radius 2 is 1.94 bits per heavy atom. The highest BCUT2D eigenvalue weighted by molar-refractivity contribution is 5.92. The minimum atomic E-state index is -1.39. The fourth-order valence-electron chi connectivity index (χ4n) is 2.77. The number of nitrogens with one attached hydrogen (secondary N) is 2. The molecule has 0 unspecified atom stereocenters. The van der Waals surface area contributed by atoms with Crippen molar-refractivity contribution < 1.29 is 19.1 Å². The fourth-order valence-corrected chi connectivity index (χ4v) is 2.77. The summed E-state index contributed by atoms with van der Waals surface area (Å²) in [5, 5.41) is 18.0. The molecule has 0 bridgehead atoms. The number of anilines is 3. The van der Waals surface area contributed by atoms with Gasteiger partial charge in [0.15, 0.2) is 5.65 Å². The predicted octanol–water partition coefficient (Wildman–Crippen LogP) is -0.187. The molecular formula is C18H12FN7O5. The molecule has 2 aromatic carbocycles. The van der Waals surface area contributed by atoms with Crippen LogP contribution in [0.15, 0.2) is 40.1 Å². The zero-order chi connectivity index (χ0) is 22.3. The molecule has 2 aromatic heterocycles. The van der Waals surface area contributed by atoms with Crippen molar-refractivity contribution in [2.75, 3.05) is 11.1 Å². The number of amides is 1. The van der Waals surface area contributed by atoms with Crippen molar-refractivity contribution >= 4 is 34.6 Å². The average molecular weight is 425 g/mol. The molecule has 0 fully saturated rings. The van der Waals surface area contributed by atoms with E-state index < -0.39 is 34.4 Å². The number of carboxylic acid groups (broad SMARTS) is 1. The van der Waals surface area contributed by atoms with Gasteiger partial charge in [0.05, 0.1) is 11.9 Å². The van der Waals surface area contributed by atoms with E-state index in [9.17, 15) is 28.7 Å². The van der Waals surface area contributed by atoms with Crippen molar-refractivity contribution in [3.8, 4) is 0 Å². The van der Waals surface area contributed by atoms with E-state index in [-0.39, 0.29) is 35.1 Å². The van der Waals surface area contributed by atoms with Gasteiger partial charge in [-0.1, -0.05) is 6.07 Å². The van der Waals surface area contributed by atoms with E-state index in [0.717, 1.165) is 10.6 Å². The molecule has 2 heterocycles. The van der Waals surface area contributed by atoms with Gasteiger partial charge in [-0.3, -0.25) is 14.4 Å². The van der Waals surface area contributed by atoms with Crippen LogP contribution in [0.2, 0.25) is 0 Å². The third-order valence-corrected chi connectivity index (χ3v) is 4.34. The Morgan fingerprint density at radius 3 is 2.65 bits per heavy atom. The van der Waals surface area contributed by atoms with Gasteiger partial charge in [-0.15, -0.1) is 0 Å². The van der Waals surface area contributed by atoms with Gasteiger partial charge in [0.2, 0.25) is 11.6 Å². The number of hydrogen-bond acceptors (Lipinski definition) is 9. The normalized spacial score (nSPS) is 11.0. The summed E-state index contributed by atoms with van der Waals surface area (Å²) >= 11 is 0. The van der Waals surface area contributed by atoms with Crippen LogP contribution in [0, 0.1) is 5.82 Å². The number of hydrogen-bond donors (Lipinski definition) is 4. The topological polar surface area (TPSA) is 182 Å². The number of carbonyl (C=O) groups is 2. The smallest absolute Gasteiger partial charge is 0.374 e. The van der Waals surface area contributed by atoms with Crippen molar-refractivity contribution in [1.82, 2.24) is 24.9 Å². The molecule has 0 saturated carbocycles. The number of aromatic nitrogens is 4. The molecule has 4 rings (SSSR count). The molecule has 0 aliphatic carbocycles. The molecule has 12 nitrogen and oxygen atoms in total. The summed E-state index contributed by atoms with van der Waals surface area (Å²) in [6.07, 6.45) is 1.31. The average Bonchev–Trinajstić information content (AvgIpc) is 3.24. The lowest BCUT2D eigenvalue weighted by molar-refractivity contribution is 0.0679. The molecule has 0 aliphatic heterocycles. The largest absolute Gasteiger partial charge is 0.475 e. The number of nitrogens with zero attached hydrogens (tertiary/aromatic N) is 4. The zero-order valence-corrected chi connectivity index (χ0v) is 15.4. The van der Waals surface area contributed by atoms with Gasteiger partial charge in [-0.2, -0.15) is 14.6 Å². The van der Waals surface area contributed by atoms with Crippen LogP contribution >= 0.6 is 0 Å². The maximum Gasteiger partial charge on any atom is 0.374 e. The van der Waals surface area contributed by atoms with E-state index in [0.29, 0.717) is 5.56 Å². The highest BCUT2D eigenvalue weighted by Gasteiger charge is 2.20. The minimum absolute atomic E-state index is 0.0919. The summed E-state index contributed by atoms with van der Waals surface area (Å²) in [5.41, 5.74) is 3.68. The van der Waals surface area contributed by atoms with Crippen LogP contribution in [0.1, 0.15) is 26.8 Å². The molecular weight excluding hydrogens is 413 g/mol. The zero-order valence-electron chi connectivity index (χ0n) is 15.4. The monoisotopic (exact) mass is 425 g/mol. The first-order chi connectivity index (χ1) is 14.8. The van der Waals surface area contributed by atoms with Gasteiger partial charge in [0.25, 0.3) is 16.8 Å². The third kappa shape index (κ3) is 3.43. The van der Waals surface area contributed by atoms with E-state index >= 15 is 0 Å². The number of aromatic carboxylic acids is 1. The lowest BCUT2D eigenvalue weighted by atomic mass is 10.1. The highest BCUT2D eigenvalue weighted by Crippen LogP contribution is 2.22. The molecule has 31 heavy (non-hydrogen) atoms. The van der Waals surface area contributed by atoms with E-state index in [4.69, 9.17) is 5.73 Å². The van der Waals surface area contributed by atoms with E-state index in [1.54, 1.807) is 0 Å². The van der Waals surface area contributed by atoms with Crippen LogP contribution in [0.5, 0.6) is 0 Å². The second-order valence-corrected chi connectivity index (χ2v) is 6.35. The summed E-state index contributed by atoms with van der Waals surface area (Å²) in [6, 6.07) is 5.21. The fraction of sp³-hybridized carbons (Fsp3) is 0.0556. The summed E-state index contributed by atoms with van der Waals surface area (Å²) in [7, 11) is 0. The molecule has 156 valence electrons. The van der Waals surface area contributed by atoms with Gasteiger partial charge < -0.3 is 21.5 Å². The van der Waals surface area contributed by atoms with Crippen molar-refractivity contribution in [3.63, 3.8) is 0 Å². The number of fused-ring (bicyclic) bond motifs is 1. The Balaban J connectivity index is 1.52. The van der Waals surface area contributed by atoms with Gasteiger partial charge in [-0.25, -0.2) is 14.2 Å². The first-order valence-electron chi connectivity index (χ1n) is 8.63. The third-order valence-electron chi connectivity index (χ3n) is 4.34.